The first-order valence-electron chi connectivity index (χ1n) is 13.1. The molecule has 4 rings (SSSR count). The molecule has 10 nitrogen and oxygen atoms in total. The van der Waals surface area contributed by atoms with Crippen LogP contribution in [0.4, 0.5) is 10.5 Å². The first-order valence-corrected chi connectivity index (χ1v) is 14.6. The van der Waals surface area contributed by atoms with Gasteiger partial charge in [-0.3, -0.25) is 14.0 Å². The molecule has 1 atom stereocenters. The smallest absolute Gasteiger partial charge is 0.417 e. The van der Waals surface area contributed by atoms with Crippen LogP contribution in [0.25, 0.3) is 5.65 Å². The molecule has 0 saturated carbocycles. The van der Waals surface area contributed by atoms with Crippen molar-refractivity contribution in [1.29, 1.82) is 0 Å². The summed E-state index contributed by atoms with van der Waals surface area (Å²) in [6, 6.07) is 6.27. The van der Waals surface area contributed by atoms with Crippen LogP contribution in [0.15, 0.2) is 35.1 Å². The van der Waals surface area contributed by atoms with Gasteiger partial charge in [0.15, 0.2) is 11.4 Å². The minimum absolute atomic E-state index is 0.00655. The fourth-order valence-electron chi connectivity index (χ4n) is 4.37. The molecule has 1 aliphatic heterocycles. The number of aryl methyl sites for hydroxylation is 1. The van der Waals surface area contributed by atoms with Crippen LogP contribution in [0, 0.1) is 6.92 Å². The van der Waals surface area contributed by atoms with Crippen molar-refractivity contribution >= 4 is 68.4 Å². The number of carbonyl (C=O) groups excluding carboxylic acids is 3. The lowest BCUT2D eigenvalue weighted by molar-refractivity contribution is -0.135. The second kappa shape index (κ2) is 12.6. The molecule has 1 N–H and O–H groups in total. The number of hydrogen-bond donors (Lipinski definition) is 1. The lowest BCUT2D eigenvalue weighted by Gasteiger charge is -2.29. The molecule has 0 radical (unpaired) electrons. The third-order valence-corrected chi connectivity index (χ3v) is 8.25. The Balaban J connectivity index is 1.55. The van der Waals surface area contributed by atoms with E-state index in [1.54, 1.807) is 39.0 Å². The SMILES string of the molecule is Cc1nc2c(OCc3c(Cl)ccc(N(C)C(=O)CN(C(=O)OC(C)(C)C)C(=O)[C@H]4CCCN4)c3Cl)cccn2c1Br. The molecule has 2 aromatic heterocycles. The zero-order valence-electron chi connectivity index (χ0n) is 23.5. The number of ether oxygens (including phenoxy) is 2. The summed E-state index contributed by atoms with van der Waals surface area (Å²) in [5.41, 5.74) is 1.38. The molecule has 3 aromatic rings. The van der Waals surface area contributed by atoms with E-state index in [0.717, 1.165) is 21.6 Å². The molecule has 1 aromatic carbocycles. The molecule has 0 unspecified atom stereocenters. The van der Waals surface area contributed by atoms with Gasteiger partial charge >= 0.3 is 6.09 Å². The quantitative estimate of drug-likeness (QED) is 0.341. The lowest BCUT2D eigenvalue weighted by Crippen LogP contribution is -2.52. The van der Waals surface area contributed by atoms with Gasteiger partial charge in [-0.2, -0.15) is 0 Å². The molecule has 0 bridgehead atoms. The van der Waals surface area contributed by atoms with E-state index < -0.39 is 36.1 Å². The standard InChI is InChI=1S/C28H32BrCl2N5O5/c1-16-24(29)35-13-7-9-21(25(35)33-16)40-15-17-18(30)10-11-20(23(17)31)34(5)22(37)14-36(27(39)41-28(2,3)4)26(38)19-8-6-12-32-19/h7,9-11,13,19,32H,6,8,12,14-15H2,1-5H3/t19-/m1/s1. The number of halogens is 3. The molecule has 1 aliphatic rings. The van der Waals surface area contributed by atoms with Crippen LogP contribution in [0.5, 0.6) is 5.75 Å². The summed E-state index contributed by atoms with van der Waals surface area (Å²) in [7, 11) is 1.51. The fraction of sp³-hybridized carbons (Fsp3) is 0.429. The van der Waals surface area contributed by atoms with Crippen molar-refractivity contribution in [2.75, 3.05) is 25.0 Å². The predicted octanol–water partition coefficient (Wildman–Crippen LogP) is 5.77. The van der Waals surface area contributed by atoms with Crippen molar-refractivity contribution in [2.24, 2.45) is 0 Å². The number of nitrogens with one attached hydrogen (secondary N) is 1. The summed E-state index contributed by atoms with van der Waals surface area (Å²) < 4.78 is 14.2. The number of anilines is 1. The van der Waals surface area contributed by atoms with Crippen LogP contribution in [-0.2, 0) is 20.9 Å². The van der Waals surface area contributed by atoms with Gasteiger partial charge in [0, 0.05) is 23.8 Å². The maximum atomic E-state index is 13.4. The summed E-state index contributed by atoms with van der Waals surface area (Å²) in [5.74, 6) is -0.527. The minimum Gasteiger partial charge on any atom is -0.485 e. The fourth-order valence-corrected chi connectivity index (χ4v) is 5.36. The number of fused-ring (bicyclic) bond motifs is 1. The number of nitrogens with zero attached hydrogens (tertiary/aromatic N) is 4. The Morgan fingerprint density at radius 3 is 2.61 bits per heavy atom. The van der Waals surface area contributed by atoms with Gasteiger partial charge in [0.2, 0.25) is 11.8 Å². The number of aromatic nitrogens is 2. The molecule has 0 spiro atoms. The van der Waals surface area contributed by atoms with Crippen molar-refractivity contribution in [3.8, 4) is 5.75 Å². The van der Waals surface area contributed by atoms with Crippen LogP contribution in [0.2, 0.25) is 10.0 Å². The number of imidazole rings is 1. The van der Waals surface area contributed by atoms with Gasteiger partial charge in [-0.1, -0.05) is 23.2 Å². The topological polar surface area (TPSA) is 105 Å². The van der Waals surface area contributed by atoms with Crippen molar-refractivity contribution in [2.45, 2.75) is 58.8 Å². The predicted molar refractivity (Wildman–Crippen MR) is 161 cm³/mol. The van der Waals surface area contributed by atoms with E-state index in [1.165, 1.54) is 11.9 Å². The van der Waals surface area contributed by atoms with Gasteiger partial charge in [0.25, 0.3) is 0 Å². The first-order chi connectivity index (χ1) is 19.3. The van der Waals surface area contributed by atoms with Crippen molar-refractivity contribution < 1.29 is 23.9 Å². The number of benzene rings is 1. The minimum atomic E-state index is -0.885. The maximum absolute atomic E-state index is 13.4. The van der Waals surface area contributed by atoms with E-state index in [-0.39, 0.29) is 11.6 Å². The number of imide groups is 1. The van der Waals surface area contributed by atoms with E-state index in [0.29, 0.717) is 40.6 Å². The van der Waals surface area contributed by atoms with Gasteiger partial charge < -0.3 is 19.7 Å². The highest BCUT2D eigenvalue weighted by Gasteiger charge is 2.35. The summed E-state index contributed by atoms with van der Waals surface area (Å²) in [6.45, 7) is 7.10. The Morgan fingerprint density at radius 1 is 1.22 bits per heavy atom. The number of likely N-dealkylation sites (N-methyl/N-ethyl adjacent to an activating group) is 1. The Kier molecular flexibility index (Phi) is 9.52. The molecule has 1 saturated heterocycles. The highest BCUT2D eigenvalue weighted by atomic mass is 79.9. The number of rotatable bonds is 7. The second-order valence-corrected chi connectivity index (χ2v) is 12.2. The molecule has 3 heterocycles. The highest BCUT2D eigenvalue weighted by molar-refractivity contribution is 9.10. The zero-order chi connectivity index (χ0) is 30.1. The third kappa shape index (κ3) is 6.97. The molecular weight excluding hydrogens is 637 g/mol. The zero-order valence-corrected chi connectivity index (χ0v) is 26.6. The van der Waals surface area contributed by atoms with Crippen LogP contribution in [0.1, 0.15) is 44.9 Å². The second-order valence-electron chi connectivity index (χ2n) is 10.7. The average molecular weight is 669 g/mol. The van der Waals surface area contributed by atoms with Gasteiger partial charge in [0.1, 0.15) is 23.4 Å². The van der Waals surface area contributed by atoms with Crippen LogP contribution in [0.3, 0.4) is 0 Å². The van der Waals surface area contributed by atoms with Crippen molar-refractivity contribution in [1.82, 2.24) is 19.6 Å². The van der Waals surface area contributed by atoms with E-state index >= 15 is 0 Å². The summed E-state index contributed by atoms with van der Waals surface area (Å²) >= 11 is 16.8. The van der Waals surface area contributed by atoms with Crippen molar-refractivity contribution in [3.05, 3.63) is 56.4 Å². The molecule has 1 fully saturated rings. The monoisotopic (exact) mass is 667 g/mol. The Hall–Kier alpha value is -2.86. The average Bonchev–Trinajstić information content (AvgIpc) is 3.54. The van der Waals surface area contributed by atoms with Gasteiger partial charge in [-0.25, -0.2) is 14.7 Å². The van der Waals surface area contributed by atoms with Gasteiger partial charge in [-0.05, 0) is 87.3 Å². The normalized spacial score (nSPS) is 15.2. The third-order valence-electron chi connectivity index (χ3n) is 6.52. The number of hydrogen-bond acceptors (Lipinski definition) is 7. The van der Waals surface area contributed by atoms with Crippen LogP contribution >= 0.6 is 39.1 Å². The van der Waals surface area contributed by atoms with Crippen LogP contribution < -0.4 is 15.0 Å². The summed E-state index contributed by atoms with van der Waals surface area (Å²) in [5, 5.41) is 3.63. The molecule has 13 heteroatoms. The molecule has 41 heavy (non-hydrogen) atoms. The van der Waals surface area contributed by atoms with Crippen molar-refractivity contribution in [3.63, 3.8) is 0 Å². The maximum Gasteiger partial charge on any atom is 0.417 e. The van der Waals surface area contributed by atoms with E-state index in [9.17, 15) is 14.4 Å². The van der Waals surface area contributed by atoms with Crippen LogP contribution in [-0.4, -0.2) is 64.0 Å². The highest BCUT2D eigenvalue weighted by Crippen LogP contribution is 2.35. The Labute approximate surface area is 257 Å². The summed E-state index contributed by atoms with van der Waals surface area (Å²) in [6.07, 6.45) is 2.34. The van der Waals surface area contributed by atoms with E-state index in [1.807, 2.05) is 23.6 Å². The molecule has 220 valence electrons. The summed E-state index contributed by atoms with van der Waals surface area (Å²) in [4.78, 5) is 46.3. The molecule has 3 amide bonds. The van der Waals surface area contributed by atoms with Gasteiger partial charge in [-0.15, -0.1) is 0 Å². The first kappa shape index (κ1) is 31.1. The number of pyridine rings is 1. The van der Waals surface area contributed by atoms with E-state index in [2.05, 4.69) is 26.2 Å². The Bertz CT molecular complexity index is 1480. The number of amides is 3. The largest absolute Gasteiger partial charge is 0.485 e. The number of carbonyl (C=O) groups is 3. The van der Waals surface area contributed by atoms with Gasteiger partial charge in [0.05, 0.1) is 22.4 Å². The lowest BCUT2D eigenvalue weighted by atomic mass is 10.1. The van der Waals surface area contributed by atoms with E-state index in [4.69, 9.17) is 32.7 Å². The molecule has 0 aliphatic carbocycles. The molecular formula is C28H32BrCl2N5O5. The Morgan fingerprint density at radius 2 is 1.95 bits per heavy atom.